The van der Waals surface area contributed by atoms with Crippen LogP contribution in [0.25, 0.3) is 0 Å². The minimum atomic E-state index is 0.198. The molecule has 0 bridgehead atoms. The molecule has 0 spiro atoms. The second-order valence-electron chi connectivity index (χ2n) is 5.30. The number of nitrogens with zero attached hydrogens (tertiary/aromatic N) is 1. The topological polar surface area (TPSA) is 33.6 Å². The third-order valence-electron chi connectivity index (χ3n) is 3.00. The van der Waals surface area contributed by atoms with E-state index in [1.54, 1.807) is 0 Å². The van der Waals surface area contributed by atoms with Crippen LogP contribution in [0.5, 0.6) is 0 Å². The molecular weight excluding hydrogens is 176 g/mol. The van der Waals surface area contributed by atoms with Crippen LogP contribution in [-0.2, 0) is 4.74 Å². The van der Waals surface area contributed by atoms with Crippen LogP contribution in [0.2, 0.25) is 0 Å². The van der Waals surface area contributed by atoms with Gasteiger partial charge in [-0.1, -0.05) is 20.8 Å². The molecule has 0 amide bonds. The van der Waals surface area contributed by atoms with Crippen LogP contribution in [0.15, 0.2) is 4.99 Å². The molecular formula is C11H20N2O. The normalized spacial score (nSPS) is 32.9. The maximum absolute atomic E-state index is 5.90. The van der Waals surface area contributed by atoms with Gasteiger partial charge in [-0.2, -0.15) is 0 Å². The Morgan fingerprint density at radius 1 is 1.43 bits per heavy atom. The average molecular weight is 196 g/mol. The Bertz CT molecular complexity index is 236. The molecule has 80 valence electrons. The summed E-state index contributed by atoms with van der Waals surface area (Å²) in [7, 11) is 0. The lowest BCUT2D eigenvalue weighted by molar-refractivity contribution is 0.0981. The number of rotatable bonds is 1. The van der Waals surface area contributed by atoms with Gasteiger partial charge in [-0.15, -0.1) is 0 Å². The zero-order valence-corrected chi connectivity index (χ0v) is 9.34. The molecule has 0 saturated carbocycles. The van der Waals surface area contributed by atoms with Gasteiger partial charge in [-0.25, -0.2) is 0 Å². The van der Waals surface area contributed by atoms with Crippen molar-refractivity contribution in [2.75, 3.05) is 13.1 Å². The summed E-state index contributed by atoms with van der Waals surface area (Å²) in [6.07, 6.45) is 2.68. The first kappa shape index (κ1) is 9.97. The molecule has 0 radical (unpaired) electrons. The Labute approximate surface area is 85.9 Å². The van der Waals surface area contributed by atoms with Crippen molar-refractivity contribution in [3.63, 3.8) is 0 Å². The summed E-state index contributed by atoms with van der Waals surface area (Å²) in [5.74, 6) is 0.947. The van der Waals surface area contributed by atoms with Gasteiger partial charge in [0.15, 0.2) is 0 Å². The lowest BCUT2D eigenvalue weighted by Gasteiger charge is -2.26. The third-order valence-corrected chi connectivity index (χ3v) is 3.00. The lowest BCUT2D eigenvalue weighted by atomic mass is 9.89. The smallest absolute Gasteiger partial charge is 0.201 e. The highest BCUT2D eigenvalue weighted by molar-refractivity contribution is 5.83. The van der Waals surface area contributed by atoms with Crippen molar-refractivity contribution >= 4 is 5.90 Å². The highest BCUT2D eigenvalue weighted by Crippen LogP contribution is 2.27. The third kappa shape index (κ3) is 1.92. The maximum Gasteiger partial charge on any atom is 0.201 e. The fraction of sp³-hybridized carbons (Fsp3) is 0.909. The van der Waals surface area contributed by atoms with Crippen LogP contribution in [0.3, 0.4) is 0 Å². The predicted octanol–water partition coefficient (Wildman–Crippen LogP) is 1.58. The van der Waals surface area contributed by atoms with Crippen LogP contribution < -0.4 is 5.32 Å². The van der Waals surface area contributed by atoms with E-state index in [9.17, 15) is 0 Å². The predicted molar refractivity (Wildman–Crippen MR) is 57.7 cm³/mol. The highest BCUT2D eigenvalue weighted by atomic mass is 16.5. The van der Waals surface area contributed by atoms with Gasteiger partial charge in [0.2, 0.25) is 5.90 Å². The van der Waals surface area contributed by atoms with E-state index in [0.717, 1.165) is 19.0 Å². The second kappa shape index (κ2) is 3.54. The maximum atomic E-state index is 5.90. The summed E-state index contributed by atoms with van der Waals surface area (Å²) in [5.41, 5.74) is 0.198. The molecule has 0 aromatic rings. The van der Waals surface area contributed by atoms with Gasteiger partial charge in [0.25, 0.3) is 0 Å². The van der Waals surface area contributed by atoms with Gasteiger partial charge in [-0.05, 0) is 19.4 Å². The monoisotopic (exact) mass is 196 g/mol. The van der Waals surface area contributed by atoms with Gasteiger partial charge >= 0.3 is 0 Å². The van der Waals surface area contributed by atoms with Crippen molar-refractivity contribution < 1.29 is 4.74 Å². The second-order valence-corrected chi connectivity index (χ2v) is 5.30. The van der Waals surface area contributed by atoms with Crippen LogP contribution in [-0.4, -0.2) is 31.1 Å². The molecule has 1 fully saturated rings. The average Bonchev–Trinajstić information content (AvgIpc) is 2.73. The van der Waals surface area contributed by atoms with E-state index in [0.29, 0.717) is 6.04 Å². The van der Waals surface area contributed by atoms with Gasteiger partial charge < -0.3 is 10.1 Å². The minimum Gasteiger partial charge on any atom is -0.474 e. The molecule has 2 unspecified atom stereocenters. The molecule has 3 nitrogen and oxygen atoms in total. The SMILES string of the molecule is CC(C)(C)C1CN=C(C2CCCN2)O1. The lowest BCUT2D eigenvalue weighted by Crippen LogP contribution is -2.35. The van der Waals surface area contributed by atoms with Crippen LogP contribution in [0, 0.1) is 5.41 Å². The molecule has 0 aliphatic carbocycles. The van der Waals surface area contributed by atoms with Crippen LogP contribution in [0.4, 0.5) is 0 Å². The summed E-state index contributed by atoms with van der Waals surface area (Å²) >= 11 is 0. The van der Waals surface area contributed by atoms with E-state index in [4.69, 9.17) is 4.74 Å². The van der Waals surface area contributed by atoms with Gasteiger partial charge in [0.1, 0.15) is 6.10 Å². The fourth-order valence-corrected chi connectivity index (χ4v) is 1.93. The Balaban J connectivity index is 1.93. The summed E-state index contributed by atoms with van der Waals surface area (Å²) in [6, 6.07) is 0.391. The molecule has 2 aliphatic heterocycles. The first-order valence-corrected chi connectivity index (χ1v) is 5.52. The van der Waals surface area contributed by atoms with Crippen molar-refractivity contribution in [3.05, 3.63) is 0 Å². The van der Waals surface area contributed by atoms with E-state index < -0.39 is 0 Å². The van der Waals surface area contributed by atoms with E-state index in [1.807, 2.05) is 0 Å². The molecule has 2 aliphatic rings. The number of hydrogen-bond donors (Lipinski definition) is 1. The standard InChI is InChI=1S/C11H20N2O/c1-11(2,3)9-7-13-10(14-9)8-5-4-6-12-8/h8-9,12H,4-7H2,1-3H3. The summed E-state index contributed by atoms with van der Waals surface area (Å²) in [4.78, 5) is 4.50. The van der Waals surface area contributed by atoms with Crippen LogP contribution >= 0.6 is 0 Å². The first-order chi connectivity index (χ1) is 6.57. The van der Waals surface area contributed by atoms with Crippen molar-refractivity contribution in [2.45, 2.75) is 45.8 Å². The Morgan fingerprint density at radius 3 is 2.71 bits per heavy atom. The number of aliphatic imine (C=N–C) groups is 1. The highest BCUT2D eigenvalue weighted by Gasteiger charge is 2.34. The summed E-state index contributed by atoms with van der Waals surface area (Å²) in [6.45, 7) is 8.55. The van der Waals surface area contributed by atoms with Crippen molar-refractivity contribution in [3.8, 4) is 0 Å². The molecule has 3 heteroatoms. The first-order valence-electron chi connectivity index (χ1n) is 5.52. The number of ether oxygens (including phenoxy) is 1. The van der Waals surface area contributed by atoms with Gasteiger partial charge in [0.05, 0.1) is 12.6 Å². The molecule has 0 aromatic heterocycles. The van der Waals surface area contributed by atoms with Gasteiger partial charge in [0, 0.05) is 5.41 Å². The van der Waals surface area contributed by atoms with Crippen molar-refractivity contribution in [2.24, 2.45) is 10.4 Å². The minimum absolute atomic E-state index is 0.198. The number of nitrogens with one attached hydrogen (secondary N) is 1. The Hall–Kier alpha value is -0.570. The van der Waals surface area contributed by atoms with Crippen molar-refractivity contribution in [1.82, 2.24) is 5.32 Å². The van der Waals surface area contributed by atoms with Gasteiger partial charge in [-0.3, -0.25) is 4.99 Å². The molecule has 2 heterocycles. The molecule has 14 heavy (non-hydrogen) atoms. The summed E-state index contributed by atoms with van der Waals surface area (Å²) in [5, 5.41) is 3.41. The van der Waals surface area contributed by atoms with E-state index in [1.165, 1.54) is 12.8 Å². The quantitative estimate of drug-likeness (QED) is 0.691. The van der Waals surface area contributed by atoms with E-state index in [-0.39, 0.29) is 11.5 Å². The summed E-state index contributed by atoms with van der Waals surface area (Å²) < 4.78 is 5.90. The van der Waals surface area contributed by atoms with Crippen LogP contribution in [0.1, 0.15) is 33.6 Å². The van der Waals surface area contributed by atoms with E-state index in [2.05, 4.69) is 31.1 Å². The van der Waals surface area contributed by atoms with E-state index >= 15 is 0 Å². The molecule has 1 saturated heterocycles. The fourth-order valence-electron chi connectivity index (χ4n) is 1.93. The molecule has 2 rings (SSSR count). The Morgan fingerprint density at radius 2 is 2.21 bits per heavy atom. The zero-order chi connectivity index (χ0) is 10.2. The number of hydrogen-bond acceptors (Lipinski definition) is 3. The zero-order valence-electron chi connectivity index (χ0n) is 9.34. The molecule has 0 aromatic carbocycles. The largest absolute Gasteiger partial charge is 0.474 e. The Kier molecular flexibility index (Phi) is 2.52. The molecule has 2 atom stereocenters. The van der Waals surface area contributed by atoms with Crippen molar-refractivity contribution in [1.29, 1.82) is 0 Å². The molecule has 1 N–H and O–H groups in total.